The van der Waals surface area contributed by atoms with Gasteiger partial charge in [-0.15, -0.1) is 0 Å². The van der Waals surface area contributed by atoms with Crippen LogP contribution in [0.2, 0.25) is 0 Å². The number of likely N-dealkylation sites (N-methyl/N-ethyl adjacent to an activating group) is 1. The van der Waals surface area contributed by atoms with E-state index in [1.54, 1.807) is 21.0 Å². The maximum absolute atomic E-state index is 11.7. The van der Waals surface area contributed by atoms with Crippen LogP contribution in [0.1, 0.15) is 33.5 Å². The summed E-state index contributed by atoms with van der Waals surface area (Å²) in [4.78, 5) is 22.6. The fourth-order valence-corrected chi connectivity index (χ4v) is 1.59. The molecule has 1 N–H and O–H groups in total. The van der Waals surface area contributed by atoms with Crippen LogP contribution >= 0.6 is 0 Å². The van der Waals surface area contributed by atoms with Gasteiger partial charge < -0.3 is 10.1 Å². The molecule has 1 heterocycles. The Balaban J connectivity index is 3.10. The summed E-state index contributed by atoms with van der Waals surface area (Å²) in [6.07, 6.45) is 1.27. The average molecular weight is 239 g/mol. The third-order valence-electron chi connectivity index (χ3n) is 2.40. The maximum Gasteiger partial charge on any atom is 0.359 e. The van der Waals surface area contributed by atoms with Crippen LogP contribution in [0.5, 0.6) is 0 Å². The summed E-state index contributed by atoms with van der Waals surface area (Å²) in [5, 5.41) is 7.01. The van der Waals surface area contributed by atoms with E-state index in [2.05, 4.69) is 10.4 Å². The van der Waals surface area contributed by atoms with E-state index in [9.17, 15) is 9.59 Å². The molecule has 0 atom stereocenters. The van der Waals surface area contributed by atoms with Crippen molar-refractivity contribution in [3.8, 4) is 0 Å². The Bertz CT molecular complexity index is 412. The quantitative estimate of drug-likeness (QED) is 0.566. The first-order valence-corrected chi connectivity index (χ1v) is 5.48. The van der Waals surface area contributed by atoms with Crippen molar-refractivity contribution in [3.63, 3.8) is 0 Å². The molecule has 0 saturated carbocycles. The summed E-state index contributed by atoms with van der Waals surface area (Å²) < 4.78 is 6.32. The maximum atomic E-state index is 11.7. The lowest BCUT2D eigenvalue weighted by molar-refractivity contribution is 0.0517. The Labute approximate surface area is 99.9 Å². The van der Waals surface area contributed by atoms with Gasteiger partial charge in [-0.05, 0) is 26.9 Å². The highest BCUT2D eigenvalue weighted by molar-refractivity contribution is 5.92. The Kier molecular flexibility index (Phi) is 4.84. The standard InChI is InChI=1S/C11H17N3O3/c1-4-17-11(16)10-8(5-6-12-2)9(7-15)14(3)13-10/h7,12H,4-6H2,1-3H3. The lowest BCUT2D eigenvalue weighted by Crippen LogP contribution is -2.14. The zero-order valence-electron chi connectivity index (χ0n) is 10.3. The summed E-state index contributed by atoms with van der Waals surface area (Å²) in [7, 11) is 3.44. The molecule has 0 radical (unpaired) electrons. The van der Waals surface area contributed by atoms with E-state index in [1.807, 2.05) is 0 Å². The predicted octanol–water partition coefficient (Wildman–Crippen LogP) is 0.171. The zero-order chi connectivity index (χ0) is 12.8. The highest BCUT2D eigenvalue weighted by atomic mass is 16.5. The molecule has 0 amide bonds. The highest BCUT2D eigenvalue weighted by Crippen LogP contribution is 2.14. The number of hydrogen-bond acceptors (Lipinski definition) is 5. The number of nitrogens with one attached hydrogen (secondary N) is 1. The van der Waals surface area contributed by atoms with Crippen LogP contribution in [-0.4, -0.2) is 42.2 Å². The first kappa shape index (κ1) is 13.4. The number of esters is 1. The van der Waals surface area contributed by atoms with Crippen LogP contribution in [-0.2, 0) is 18.2 Å². The zero-order valence-corrected chi connectivity index (χ0v) is 10.3. The van der Waals surface area contributed by atoms with Gasteiger partial charge >= 0.3 is 5.97 Å². The van der Waals surface area contributed by atoms with Gasteiger partial charge in [-0.1, -0.05) is 0 Å². The van der Waals surface area contributed by atoms with Crippen molar-refractivity contribution in [3.05, 3.63) is 17.0 Å². The lowest BCUT2D eigenvalue weighted by Gasteiger charge is -2.02. The van der Waals surface area contributed by atoms with E-state index in [-0.39, 0.29) is 12.3 Å². The summed E-state index contributed by atoms with van der Waals surface area (Å²) in [5.41, 5.74) is 1.28. The second kappa shape index (κ2) is 6.15. The van der Waals surface area contributed by atoms with Gasteiger partial charge in [0.05, 0.1) is 6.61 Å². The number of aryl methyl sites for hydroxylation is 1. The molecule has 94 valence electrons. The van der Waals surface area contributed by atoms with Gasteiger partial charge in [0.25, 0.3) is 0 Å². The number of nitrogens with zero attached hydrogens (tertiary/aromatic N) is 2. The number of hydrogen-bond donors (Lipinski definition) is 1. The largest absolute Gasteiger partial charge is 0.461 e. The minimum atomic E-state index is -0.484. The SMILES string of the molecule is CCOC(=O)c1nn(C)c(C=O)c1CCNC. The van der Waals surface area contributed by atoms with Crippen LogP contribution in [0.15, 0.2) is 0 Å². The van der Waals surface area contributed by atoms with Gasteiger partial charge in [-0.25, -0.2) is 4.79 Å². The first-order valence-electron chi connectivity index (χ1n) is 5.48. The molecule has 0 fully saturated rings. The molecular weight excluding hydrogens is 222 g/mol. The summed E-state index contributed by atoms with van der Waals surface area (Å²) >= 11 is 0. The second-order valence-electron chi connectivity index (χ2n) is 3.53. The summed E-state index contributed by atoms with van der Waals surface area (Å²) in [5.74, 6) is -0.484. The van der Waals surface area contributed by atoms with Crippen LogP contribution in [0, 0.1) is 0 Å². The fraction of sp³-hybridized carbons (Fsp3) is 0.545. The van der Waals surface area contributed by atoms with Gasteiger partial charge in [-0.3, -0.25) is 9.48 Å². The Hall–Kier alpha value is -1.69. The number of rotatable bonds is 6. The Morgan fingerprint density at radius 2 is 2.29 bits per heavy atom. The molecule has 0 bridgehead atoms. The van der Waals surface area contributed by atoms with E-state index in [0.29, 0.717) is 30.5 Å². The number of ether oxygens (including phenoxy) is 1. The van der Waals surface area contributed by atoms with E-state index < -0.39 is 5.97 Å². The van der Waals surface area contributed by atoms with Crippen molar-refractivity contribution < 1.29 is 14.3 Å². The van der Waals surface area contributed by atoms with Crippen LogP contribution in [0.25, 0.3) is 0 Å². The number of carbonyl (C=O) groups is 2. The molecule has 1 aromatic rings. The summed E-state index contributed by atoms with van der Waals surface area (Å²) in [6, 6.07) is 0. The average Bonchev–Trinajstić information content (AvgIpc) is 2.63. The molecule has 0 unspecified atom stereocenters. The Morgan fingerprint density at radius 3 is 2.82 bits per heavy atom. The molecule has 1 aromatic heterocycles. The molecule has 0 aliphatic heterocycles. The number of aromatic nitrogens is 2. The van der Waals surface area contributed by atoms with Crippen molar-refractivity contribution >= 4 is 12.3 Å². The normalized spacial score (nSPS) is 10.3. The number of aldehydes is 1. The molecule has 1 rings (SSSR count). The molecule has 6 heteroatoms. The Morgan fingerprint density at radius 1 is 1.59 bits per heavy atom. The molecule has 0 aliphatic carbocycles. The smallest absolute Gasteiger partial charge is 0.359 e. The molecule has 0 saturated heterocycles. The fourth-order valence-electron chi connectivity index (χ4n) is 1.59. The predicted molar refractivity (Wildman–Crippen MR) is 62.2 cm³/mol. The van der Waals surface area contributed by atoms with E-state index in [1.165, 1.54) is 4.68 Å². The summed E-state index contributed by atoms with van der Waals surface area (Å²) in [6.45, 7) is 2.69. The van der Waals surface area contributed by atoms with Crippen LogP contribution < -0.4 is 5.32 Å². The van der Waals surface area contributed by atoms with Crippen LogP contribution in [0.4, 0.5) is 0 Å². The third-order valence-corrected chi connectivity index (χ3v) is 2.40. The lowest BCUT2D eigenvalue weighted by atomic mass is 10.1. The van der Waals surface area contributed by atoms with Gasteiger partial charge in [0.15, 0.2) is 12.0 Å². The van der Waals surface area contributed by atoms with E-state index >= 15 is 0 Å². The minimum Gasteiger partial charge on any atom is -0.461 e. The van der Waals surface area contributed by atoms with Gasteiger partial charge in [0.1, 0.15) is 5.69 Å². The molecule has 0 aliphatic rings. The molecular formula is C11H17N3O3. The van der Waals surface area contributed by atoms with Crippen molar-refractivity contribution in [2.24, 2.45) is 7.05 Å². The van der Waals surface area contributed by atoms with Crippen molar-refractivity contribution in [1.29, 1.82) is 0 Å². The molecule has 0 aromatic carbocycles. The van der Waals surface area contributed by atoms with Crippen molar-refractivity contribution in [2.75, 3.05) is 20.2 Å². The molecule has 6 nitrogen and oxygen atoms in total. The molecule has 17 heavy (non-hydrogen) atoms. The van der Waals surface area contributed by atoms with Crippen molar-refractivity contribution in [1.82, 2.24) is 15.1 Å². The van der Waals surface area contributed by atoms with Gasteiger partial charge in [0.2, 0.25) is 0 Å². The van der Waals surface area contributed by atoms with Crippen LogP contribution in [0.3, 0.4) is 0 Å². The topological polar surface area (TPSA) is 73.2 Å². The van der Waals surface area contributed by atoms with E-state index in [0.717, 1.165) is 0 Å². The first-order chi connectivity index (χ1) is 8.15. The van der Waals surface area contributed by atoms with Gasteiger partial charge in [-0.2, -0.15) is 5.10 Å². The molecule has 0 spiro atoms. The van der Waals surface area contributed by atoms with E-state index in [4.69, 9.17) is 4.74 Å². The van der Waals surface area contributed by atoms with Gasteiger partial charge in [0, 0.05) is 12.6 Å². The minimum absolute atomic E-state index is 0.228. The highest BCUT2D eigenvalue weighted by Gasteiger charge is 2.21. The third kappa shape index (κ3) is 2.91. The second-order valence-corrected chi connectivity index (χ2v) is 3.53. The monoisotopic (exact) mass is 239 g/mol. The van der Waals surface area contributed by atoms with Crippen molar-refractivity contribution in [2.45, 2.75) is 13.3 Å². The number of carbonyl (C=O) groups excluding carboxylic acids is 2.